The number of carbonyl (C=O) groups is 1. The summed E-state index contributed by atoms with van der Waals surface area (Å²) in [7, 11) is -3.57. The minimum atomic E-state index is -3.57. The van der Waals surface area contributed by atoms with Crippen LogP contribution in [0.2, 0.25) is 0 Å². The summed E-state index contributed by atoms with van der Waals surface area (Å²) >= 11 is 0. The quantitative estimate of drug-likeness (QED) is 0.799. The second-order valence-corrected chi connectivity index (χ2v) is 9.78. The number of amidine groups is 1. The maximum Gasteiger partial charge on any atom is 0.259 e. The van der Waals surface area contributed by atoms with Crippen LogP contribution in [0.4, 0.5) is 5.69 Å². The van der Waals surface area contributed by atoms with E-state index in [0.29, 0.717) is 17.4 Å². The Morgan fingerprint density at radius 2 is 1.93 bits per heavy atom. The molecular formula is C20H21N5O4S. The molecule has 2 aliphatic heterocycles. The average Bonchev–Trinajstić information content (AvgIpc) is 3.18. The van der Waals surface area contributed by atoms with Gasteiger partial charge in [0, 0.05) is 29.4 Å². The predicted octanol–water partition coefficient (Wildman–Crippen LogP) is 2.47. The molecule has 1 amide bonds. The highest BCUT2D eigenvalue weighted by atomic mass is 32.2. The van der Waals surface area contributed by atoms with Gasteiger partial charge in [-0.25, -0.2) is 8.42 Å². The van der Waals surface area contributed by atoms with Crippen molar-refractivity contribution in [3.8, 4) is 11.4 Å². The van der Waals surface area contributed by atoms with Crippen molar-refractivity contribution in [3.63, 3.8) is 0 Å². The van der Waals surface area contributed by atoms with Crippen molar-refractivity contribution in [1.82, 2.24) is 15.0 Å². The Bertz CT molecular complexity index is 1180. The summed E-state index contributed by atoms with van der Waals surface area (Å²) in [6.07, 6.45) is 4.95. The van der Waals surface area contributed by atoms with Crippen molar-refractivity contribution in [2.75, 3.05) is 17.6 Å². The number of amides is 1. The van der Waals surface area contributed by atoms with Crippen LogP contribution in [0.3, 0.4) is 0 Å². The van der Waals surface area contributed by atoms with Crippen LogP contribution >= 0.6 is 0 Å². The van der Waals surface area contributed by atoms with Gasteiger partial charge in [0.1, 0.15) is 0 Å². The van der Waals surface area contributed by atoms with E-state index in [1.54, 1.807) is 47.5 Å². The third-order valence-electron chi connectivity index (χ3n) is 4.57. The lowest BCUT2D eigenvalue weighted by Gasteiger charge is -2.28. The van der Waals surface area contributed by atoms with Crippen molar-refractivity contribution in [2.24, 2.45) is 4.40 Å². The SMILES string of the molecule is CC(C)(C)c1nc(-c2ccc(NC(=O)C3=CC=CN4CCS(=O)(=O)N=C34)cc2)no1. The van der Waals surface area contributed by atoms with E-state index >= 15 is 0 Å². The molecule has 4 rings (SSSR count). The zero-order chi connectivity index (χ0) is 21.5. The van der Waals surface area contributed by atoms with Gasteiger partial charge in [0.25, 0.3) is 15.9 Å². The molecule has 0 spiro atoms. The number of carbonyl (C=O) groups excluding carboxylic acids is 1. The third kappa shape index (κ3) is 4.04. The van der Waals surface area contributed by atoms with E-state index in [1.165, 1.54) is 0 Å². The first kappa shape index (κ1) is 20.0. The summed E-state index contributed by atoms with van der Waals surface area (Å²) in [5.74, 6) is 0.627. The second kappa shape index (κ2) is 7.21. The van der Waals surface area contributed by atoms with Crippen LogP contribution in [0.1, 0.15) is 26.7 Å². The Hall–Kier alpha value is -3.27. The molecule has 1 N–H and O–H groups in total. The summed E-state index contributed by atoms with van der Waals surface area (Å²) in [5.41, 5.74) is 1.24. The molecule has 0 atom stereocenters. The maximum absolute atomic E-state index is 12.7. The van der Waals surface area contributed by atoms with Crippen LogP contribution in [0.15, 0.2) is 57.1 Å². The molecule has 3 heterocycles. The number of nitrogens with zero attached hydrogens (tertiary/aromatic N) is 4. The molecule has 2 aromatic rings. The molecule has 1 aromatic heterocycles. The molecule has 2 aliphatic rings. The summed E-state index contributed by atoms with van der Waals surface area (Å²) < 4.78 is 32.8. The van der Waals surface area contributed by atoms with Crippen LogP contribution in [-0.4, -0.2) is 47.5 Å². The molecule has 0 bridgehead atoms. The fraction of sp³-hybridized carbons (Fsp3) is 0.300. The summed E-state index contributed by atoms with van der Waals surface area (Å²) in [6, 6.07) is 6.99. The van der Waals surface area contributed by atoms with Crippen molar-refractivity contribution in [1.29, 1.82) is 0 Å². The monoisotopic (exact) mass is 427 g/mol. The number of fused-ring (bicyclic) bond motifs is 1. The molecule has 0 radical (unpaired) electrons. The minimum Gasteiger partial charge on any atom is -0.338 e. The molecular weight excluding hydrogens is 406 g/mol. The highest BCUT2D eigenvalue weighted by Crippen LogP contribution is 2.25. The lowest BCUT2D eigenvalue weighted by Crippen LogP contribution is -2.40. The van der Waals surface area contributed by atoms with Gasteiger partial charge in [-0.1, -0.05) is 25.9 Å². The number of sulfonamides is 1. The van der Waals surface area contributed by atoms with Gasteiger partial charge in [-0.15, -0.1) is 4.40 Å². The molecule has 10 heteroatoms. The van der Waals surface area contributed by atoms with Crippen LogP contribution in [0.25, 0.3) is 11.4 Å². The van der Waals surface area contributed by atoms with Crippen LogP contribution in [0, 0.1) is 0 Å². The standard InChI is InChI=1S/C20H21N5O4S/c1-20(2,3)19-22-16(23-29-19)13-6-8-14(9-7-13)21-18(26)15-5-4-10-25-11-12-30(27,28)24-17(15)25/h4-10H,11-12H2,1-3H3,(H,21,26). The largest absolute Gasteiger partial charge is 0.338 e. The molecule has 0 aliphatic carbocycles. The zero-order valence-corrected chi connectivity index (χ0v) is 17.6. The first-order valence-electron chi connectivity index (χ1n) is 9.36. The molecule has 156 valence electrons. The van der Waals surface area contributed by atoms with Crippen molar-refractivity contribution >= 4 is 27.5 Å². The number of hydrogen-bond acceptors (Lipinski definition) is 7. The number of rotatable bonds is 3. The Kier molecular flexibility index (Phi) is 4.81. The molecule has 0 saturated carbocycles. The van der Waals surface area contributed by atoms with Crippen molar-refractivity contribution in [2.45, 2.75) is 26.2 Å². The van der Waals surface area contributed by atoms with Gasteiger partial charge in [0.2, 0.25) is 11.7 Å². The van der Waals surface area contributed by atoms with E-state index in [4.69, 9.17) is 4.52 Å². The first-order valence-corrected chi connectivity index (χ1v) is 11.0. The lowest BCUT2D eigenvalue weighted by molar-refractivity contribution is -0.112. The molecule has 9 nitrogen and oxygen atoms in total. The van der Waals surface area contributed by atoms with E-state index in [-0.39, 0.29) is 29.1 Å². The lowest BCUT2D eigenvalue weighted by atomic mass is 9.97. The van der Waals surface area contributed by atoms with Gasteiger partial charge < -0.3 is 14.7 Å². The van der Waals surface area contributed by atoms with E-state index in [2.05, 4.69) is 19.9 Å². The van der Waals surface area contributed by atoms with Crippen LogP contribution in [0.5, 0.6) is 0 Å². The number of anilines is 1. The number of hydrogen-bond donors (Lipinski definition) is 1. The van der Waals surface area contributed by atoms with E-state index in [0.717, 1.165) is 5.56 Å². The number of nitrogens with one attached hydrogen (secondary N) is 1. The van der Waals surface area contributed by atoms with Crippen LogP contribution in [-0.2, 0) is 20.2 Å². The highest BCUT2D eigenvalue weighted by Gasteiger charge is 2.30. The molecule has 0 unspecified atom stereocenters. The molecule has 0 fully saturated rings. The van der Waals surface area contributed by atoms with Gasteiger partial charge in [-0.3, -0.25) is 4.79 Å². The first-order chi connectivity index (χ1) is 14.1. The highest BCUT2D eigenvalue weighted by molar-refractivity contribution is 7.90. The maximum atomic E-state index is 12.7. The van der Waals surface area contributed by atoms with Crippen molar-refractivity contribution < 1.29 is 17.7 Å². The van der Waals surface area contributed by atoms with Gasteiger partial charge in [-0.05, 0) is 36.4 Å². The summed E-state index contributed by atoms with van der Waals surface area (Å²) in [5, 5.41) is 6.78. The Morgan fingerprint density at radius 1 is 1.20 bits per heavy atom. The molecule has 30 heavy (non-hydrogen) atoms. The normalized spacial score (nSPS) is 17.8. The zero-order valence-electron chi connectivity index (χ0n) is 16.8. The number of aromatic nitrogens is 2. The predicted molar refractivity (Wildman–Crippen MR) is 112 cm³/mol. The number of benzene rings is 1. The Labute approximate surface area is 174 Å². The fourth-order valence-electron chi connectivity index (χ4n) is 2.94. The minimum absolute atomic E-state index is 0.0792. The van der Waals surface area contributed by atoms with Gasteiger partial charge >= 0.3 is 0 Å². The molecule has 1 aromatic carbocycles. The summed E-state index contributed by atoms with van der Waals surface area (Å²) in [4.78, 5) is 18.8. The van der Waals surface area contributed by atoms with Crippen molar-refractivity contribution in [3.05, 3.63) is 54.1 Å². The Morgan fingerprint density at radius 3 is 2.60 bits per heavy atom. The second-order valence-electron chi connectivity index (χ2n) is 8.02. The average molecular weight is 427 g/mol. The third-order valence-corrected chi connectivity index (χ3v) is 5.72. The Balaban J connectivity index is 1.52. The topological polar surface area (TPSA) is 118 Å². The smallest absolute Gasteiger partial charge is 0.259 e. The van der Waals surface area contributed by atoms with Gasteiger partial charge in [0.15, 0.2) is 5.84 Å². The van der Waals surface area contributed by atoms with Gasteiger partial charge in [-0.2, -0.15) is 4.98 Å². The van der Waals surface area contributed by atoms with E-state index < -0.39 is 15.9 Å². The fourth-order valence-corrected chi connectivity index (χ4v) is 3.93. The van der Waals surface area contributed by atoms with Crippen LogP contribution < -0.4 is 5.32 Å². The van der Waals surface area contributed by atoms with E-state index in [9.17, 15) is 13.2 Å². The summed E-state index contributed by atoms with van der Waals surface area (Å²) in [6.45, 7) is 6.22. The molecule has 0 saturated heterocycles. The number of allylic oxidation sites excluding steroid dienone is 2. The van der Waals surface area contributed by atoms with E-state index in [1.807, 2.05) is 20.8 Å². The van der Waals surface area contributed by atoms with Gasteiger partial charge in [0.05, 0.1) is 11.3 Å².